The molecular formula is C102H121BBr7Cl2FK2N12O14S5. The van der Waals surface area contributed by atoms with Crippen LogP contribution < -0.4 is 158 Å². The summed E-state index contributed by atoms with van der Waals surface area (Å²) in [4.78, 5) is 77.2. The fourth-order valence-electron chi connectivity index (χ4n) is 21.5. The molecule has 13 aliphatic heterocycles. The largest absolute Gasteiger partial charge is 1.00 e. The zero-order chi connectivity index (χ0) is 103. The number of nitrogens with one attached hydrogen (secondary N) is 3. The van der Waals surface area contributed by atoms with Crippen molar-refractivity contribution >= 4 is 266 Å². The molecule has 22 rings (SSSR count). The van der Waals surface area contributed by atoms with Crippen LogP contribution in [-0.4, -0.2) is 196 Å². The second-order valence-corrected chi connectivity index (χ2v) is 52.8. The molecule has 13 aliphatic rings. The Bertz CT molecular complexity index is 5880. The number of alkyl halides is 1. The number of carbonyl (C=O) groups excluding carboxylic acids is 3. The Morgan fingerprint density at radius 1 is 0.568 bits per heavy atom. The van der Waals surface area contributed by atoms with Crippen molar-refractivity contribution < 1.29 is 167 Å². The fourth-order valence-corrected chi connectivity index (χ4v) is 29.0. The van der Waals surface area contributed by atoms with Gasteiger partial charge in [-0.3, -0.25) is 34.7 Å². The summed E-state index contributed by atoms with van der Waals surface area (Å²) in [6.07, 6.45) is 24.5. The van der Waals surface area contributed by atoms with Crippen LogP contribution in [0.15, 0.2) is 227 Å². The van der Waals surface area contributed by atoms with Gasteiger partial charge in [0.25, 0.3) is 6.47 Å². The summed E-state index contributed by atoms with van der Waals surface area (Å²) in [5.41, 5.74) is 11.7. The van der Waals surface area contributed by atoms with Crippen LogP contribution in [0, 0.1) is 26.0 Å². The number of nitrogens with zero attached hydrogens (tertiary/aromatic N) is 8. The summed E-state index contributed by atoms with van der Waals surface area (Å²) in [6.45, 7) is 1.32. The Morgan fingerprint density at radius 2 is 0.973 bits per heavy atom. The fraction of sp³-hybridized carbons (Fsp3) is 0.441. The number of nitro groups is 2. The molecule has 11 unspecified atom stereocenters. The molecule has 0 amide bonds. The average molecular weight is 2640 g/mol. The Balaban J connectivity index is 0.000000190. The molecule has 26 nitrogen and oxygen atoms in total. The molecule has 1 spiro atoms. The minimum atomic E-state index is -0.889. The summed E-state index contributed by atoms with van der Waals surface area (Å²) in [5, 5.41) is 41.6. The number of hydrogen-bond acceptors (Lipinski definition) is 29. The number of methoxy groups -OCH3 is 4. The van der Waals surface area contributed by atoms with E-state index in [1.807, 2.05) is 59.9 Å². The van der Waals surface area contributed by atoms with E-state index < -0.39 is 27.4 Å². The molecule has 44 heteroatoms. The molecule has 11 atom stereocenters. The van der Waals surface area contributed by atoms with Crippen LogP contribution in [0.3, 0.4) is 0 Å². The van der Waals surface area contributed by atoms with Crippen molar-refractivity contribution in [3.63, 3.8) is 0 Å². The number of para-hydroxylation sites is 3. The number of carbonyl (C=O) groups is 3. The van der Waals surface area contributed by atoms with Crippen LogP contribution in [0.25, 0.3) is 0 Å². The predicted octanol–water partition coefficient (Wildman–Crippen LogP) is 21.9. The summed E-state index contributed by atoms with van der Waals surface area (Å²) >= 11 is 44.6. The van der Waals surface area contributed by atoms with Gasteiger partial charge in [-0.2, -0.15) is 4.39 Å². The van der Waals surface area contributed by atoms with Crippen LogP contribution in [0.4, 0.5) is 60.4 Å². The second-order valence-electron chi connectivity index (χ2n) is 36.7. The Morgan fingerprint density at radius 3 is 1.42 bits per heavy atom. The Labute approximate surface area is 1030 Å². The third-order valence-electron chi connectivity index (χ3n) is 28.1. The Hall–Kier alpha value is -2.69. The van der Waals surface area contributed by atoms with Gasteiger partial charge in [-0.1, -0.05) is 166 Å². The molecule has 10 bridgehead atoms. The third kappa shape index (κ3) is 33.0. The number of halogens is 10. The zero-order valence-electron chi connectivity index (χ0n) is 83.3. The van der Waals surface area contributed by atoms with Gasteiger partial charge in [-0.05, 0) is 284 Å². The van der Waals surface area contributed by atoms with E-state index >= 15 is 0 Å². The molecule has 10 fully saturated rings. The smallest absolute Gasteiger partial charge is 1.00 e. The van der Waals surface area contributed by atoms with Crippen molar-refractivity contribution in [1.82, 2.24) is 24.9 Å². The molecule has 9 aromatic rings. The van der Waals surface area contributed by atoms with Gasteiger partial charge in [-0.25, -0.2) is 4.79 Å². The number of rotatable bonds is 14. The molecule has 5 N–H and O–H groups in total. The van der Waals surface area contributed by atoms with E-state index in [0.29, 0.717) is 70.7 Å². The topological polar surface area (TPSA) is 297 Å². The van der Waals surface area contributed by atoms with Gasteiger partial charge in [0.1, 0.15) is 17.3 Å². The van der Waals surface area contributed by atoms with E-state index in [1.54, 1.807) is 32.4 Å². The monoisotopic (exact) mass is 2630 g/mol. The van der Waals surface area contributed by atoms with Crippen LogP contribution in [0.2, 0.25) is 0 Å². The van der Waals surface area contributed by atoms with Gasteiger partial charge < -0.3 is 81.4 Å². The minimum absolute atomic E-state index is 0. The number of Topliss-reactive ketones (excluding diaryl/α,β-unsaturated/α-hetero) is 1. The summed E-state index contributed by atoms with van der Waals surface area (Å²) in [6, 6.07) is 63.7. The number of hydrogen-bond donors (Lipinski definition) is 5. The van der Waals surface area contributed by atoms with Crippen molar-refractivity contribution in [2.45, 2.75) is 271 Å². The maximum Gasteiger partial charge on any atom is 1.00 e. The van der Waals surface area contributed by atoms with Crippen molar-refractivity contribution in [3.8, 4) is 23.0 Å². The maximum atomic E-state index is 12.8. The third-order valence-corrected chi connectivity index (χ3v) is 35.5. The number of nitro benzene ring substituents is 2. The molecule has 778 valence electrons. The van der Waals surface area contributed by atoms with Crippen molar-refractivity contribution in [3.05, 3.63) is 214 Å². The second kappa shape index (κ2) is 59.6. The van der Waals surface area contributed by atoms with Gasteiger partial charge in [0.05, 0.1) is 80.6 Å². The summed E-state index contributed by atoms with van der Waals surface area (Å²) < 4.78 is 42.8. The maximum absolute atomic E-state index is 12.8. The number of fused-ring (bicyclic) bond motifs is 15. The van der Waals surface area contributed by atoms with E-state index in [1.165, 1.54) is 205 Å². The van der Waals surface area contributed by atoms with Crippen molar-refractivity contribution in [2.24, 2.45) is 0 Å². The molecule has 0 aromatic heterocycles. The van der Waals surface area contributed by atoms with Gasteiger partial charge in [0.15, 0.2) is 17.1 Å². The van der Waals surface area contributed by atoms with E-state index in [9.17, 15) is 34.2 Å². The van der Waals surface area contributed by atoms with Crippen LogP contribution in [0.5, 0.6) is 23.0 Å². The number of thiol groups is 1. The molecule has 9 aromatic carbocycles. The van der Waals surface area contributed by atoms with E-state index in [0.717, 1.165) is 96.3 Å². The van der Waals surface area contributed by atoms with E-state index in [4.69, 9.17) is 53.2 Å². The first-order valence-corrected chi connectivity index (χ1v) is 57.5. The van der Waals surface area contributed by atoms with Crippen molar-refractivity contribution in [1.29, 1.82) is 0 Å². The summed E-state index contributed by atoms with van der Waals surface area (Å²) in [7, 11) is 15.3. The molecule has 0 radical (unpaired) electrons. The molecule has 0 saturated carbocycles. The van der Waals surface area contributed by atoms with Crippen molar-refractivity contribution in [2.75, 3.05) is 82.8 Å². The first kappa shape index (κ1) is 125. The quantitative estimate of drug-likeness (QED) is 0.00778. The number of nitrogens with two attached hydrogens (primary N) is 1. The number of anilines is 7. The molecule has 10 saturated heterocycles. The van der Waals surface area contributed by atoms with Gasteiger partial charge in [0.2, 0.25) is 5.82 Å². The summed E-state index contributed by atoms with van der Waals surface area (Å²) in [5.74, 6) is 1.74. The number of piperidine rings is 5. The van der Waals surface area contributed by atoms with E-state index in [2.05, 4.69) is 320 Å². The molecule has 0 aliphatic carbocycles. The number of thioether (sulfide) groups is 1. The minimum Gasteiger partial charge on any atom is -1.00 e. The normalized spacial score (nSPS) is 23.9. The van der Waals surface area contributed by atoms with Crippen LogP contribution in [0.1, 0.15) is 144 Å². The molecular weight excluding hydrogens is 2520 g/mol. The number of ether oxygens (including phenoxy) is 5. The van der Waals surface area contributed by atoms with Crippen LogP contribution >= 0.6 is 194 Å². The molecule has 146 heavy (non-hydrogen) atoms. The predicted molar refractivity (Wildman–Crippen MR) is 608 cm³/mol. The molecule has 13 heterocycles. The van der Waals surface area contributed by atoms with E-state index in [-0.39, 0.29) is 148 Å². The number of nitrogen functional groups attached to an aromatic ring is 1. The average Bonchev–Trinajstić information content (AvgIpc) is 1.67. The van der Waals surface area contributed by atoms with Gasteiger partial charge >= 0.3 is 123 Å². The van der Waals surface area contributed by atoms with Gasteiger partial charge in [-0.15, -0.1) is 59.9 Å². The standard InChI is InChI=1S/C21H23BrN2OS.C21H25N3O3S.C20H21BrN2OS.C14H17BrN2S.C8H13NO.C7H6FNO3.C6H6BrNS.C3H4Cl2O2.CH2O3.CH4.BBr3.2K.H/c1-23-14-7-8-15(23)12-16(11-14)24-17-9-6-13(22)10-20(17)26-21-18(24)4-3-5-19(21)25-2;1-23-15-10-11-16(23)13-14(12-15)22-17-6-3-4-8-19(17)28-20-9-5-7-18(27-2)21(20)24(25)26;1-24-18-4-2-3-17-20(18)25-19-9-12(21)5-8-16(19)23(17)15-10-13-6-7-14(11-15)22-13;1-17-10-3-4-11(17)8-14(7-10)16-12-5-2-9(15)6-13(12)18-14;1-9-6-2-3-7(9)5-8(10)4-6;1-12-6-4-2-3-5(8)7(6)9(10)11;7-4-1-2-5(8)6(9)3-4;1-2(4)7-3(5)6;2-1-4-3;;2-1(3)4;;;/h3-6,9-10,14-16H,7-8,11-12H2,1-2H3;3-9,14-16,22H,10-13H2,1-2H3;2-5,8-9,13-15,22H,6-7,10-11H2,1H3;2,5-6,10-11,16H,3-4,7-8H2,1H3;6-7H,2-5H2,1H3;2-4H,1H3;1-3,9H,8H2;2H,1H3;1,3H;1H4;;;;/q;;;;;;;;;;;2*+1;-1/p-1. The van der Waals surface area contributed by atoms with Crippen LogP contribution in [-0.2, 0) is 19.2 Å². The van der Waals surface area contributed by atoms with Gasteiger partial charge in [0, 0.05) is 162 Å². The Kier molecular flexibility index (Phi) is 51.1. The zero-order valence-corrected chi connectivity index (χ0v) is 105. The first-order valence-electron chi connectivity index (χ1n) is 47.0. The first-order chi connectivity index (χ1) is 68.5. The number of ketones is 1. The number of benzene rings is 9. The SMILES string of the molecule is BrB(Br)Br.C.CC(Cl)OC(=O)Cl.CN1C2CCC1CC(=O)C2.CN1C2CCC1CC1(C2)Nc2ccc(Br)cc2S1.COc1cccc(F)c1[N+](=O)[O-].COc1cccc(Sc2ccccc2NC2CC3CCC(C2)N3C)c1[N+](=O)[O-].COc1cccc2c1Sc1cc(Br)ccc1N2C1CC2CCC(C1)N2.COc1cccc2c1Sc1cc(Br)ccc1N2C1CC2CCC(C1)N2C.Nc1ccc(Br)cc1S.O=CO[O-].[H-].[K+].[K+].